The Bertz CT molecular complexity index is 327. The average Bonchev–Trinajstić information content (AvgIpc) is 2.19. The van der Waals surface area contributed by atoms with Gasteiger partial charge in [-0.1, -0.05) is 27.0 Å². The van der Waals surface area contributed by atoms with Gasteiger partial charge in [0, 0.05) is 6.08 Å². The lowest BCUT2D eigenvalue weighted by Crippen LogP contribution is -2.54. The monoisotopic (exact) mass is 206 g/mol. The molecule has 0 spiro atoms. The highest BCUT2D eigenvalue weighted by Gasteiger charge is 2.55. The van der Waals surface area contributed by atoms with Crippen molar-refractivity contribution in [3.05, 3.63) is 24.8 Å². The highest BCUT2D eigenvalue weighted by molar-refractivity contribution is 5.81. The largest absolute Gasteiger partial charge is 0.455 e. The van der Waals surface area contributed by atoms with Crippen molar-refractivity contribution in [3.8, 4) is 0 Å². The van der Waals surface area contributed by atoms with Crippen LogP contribution in [0.4, 0.5) is 0 Å². The SMILES string of the molecule is C=CC(=O)OC1CC2CC(C1=C)C2(C)C. The summed E-state index contributed by atoms with van der Waals surface area (Å²) in [6.45, 7) is 12.1. The summed E-state index contributed by atoms with van der Waals surface area (Å²) in [6, 6.07) is 0. The quantitative estimate of drug-likeness (QED) is 0.394. The van der Waals surface area contributed by atoms with Gasteiger partial charge in [0.2, 0.25) is 0 Å². The summed E-state index contributed by atoms with van der Waals surface area (Å²) in [7, 11) is 0. The molecule has 0 N–H and O–H groups in total. The maximum atomic E-state index is 11.1. The van der Waals surface area contributed by atoms with E-state index in [4.69, 9.17) is 4.74 Å². The first kappa shape index (κ1) is 10.5. The normalized spacial score (nSPS) is 36.7. The molecule has 3 aliphatic rings. The van der Waals surface area contributed by atoms with Crippen LogP contribution in [-0.2, 0) is 9.53 Å². The molecule has 0 saturated heterocycles. The van der Waals surface area contributed by atoms with E-state index in [-0.39, 0.29) is 12.1 Å². The standard InChI is InChI=1S/C13H18O2/c1-5-12(14)15-11-7-9-6-10(8(11)2)13(9,3)4/h5,9-11H,1-2,6-7H2,3-4H3. The summed E-state index contributed by atoms with van der Waals surface area (Å²) < 4.78 is 5.29. The van der Waals surface area contributed by atoms with Crippen LogP contribution in [0.5, 0.6) is 0 Å². The summed E-state index contributed by atoms with van der Waals surface area (Å²) in [6.07, 6.45) is 3.29. The summed E-state index contributed by atoms with van der Waals surface area (Å²) >= 11 is 0. The van der Waals surface area contributed by atoms with Gasteiger partial charge in [0.25, 0.3) is 0 Å². The van der Waals surface area contributed by atoms with Crippen LogP contribution in [0, 0.1) is 17.3 Å². The molecular weight excluding hydrogens is 188 g/mol. The second-order valence-corrected chi connectivity index (χ2v) is 5.25. The van der Waals surface area contributed by atoms with E-state index in [1.165, 1.54) is 12.5 Å². The molecule has 0 aliphatic heterocycles. The third kappa shape index (κ3) is 1.43. The number of fused-ring (bicyclic) bond motifs is 2. The van der Waals surface area contributed by atoms with Gasteiger partial charge in [0.1, 0.15) is 6.10 Å². The van der Waals surface area contributed by atoms with E-state index in [9.17, 15) is 4.79 Å². The number of esters is 1. The molecule has 2 heteroatoms. The second-order valence-electron chi connectivity index (χ2n) is 5.25. The zero-order valence-electron chi connectivity index (χ0n) is 9.45. The van der Waals surface area contributed by atoms with Gasteiger partial charge in [-0.15, -0.1) is 0 Å². The Morgan fingerprint density at radius 2 is 2.20 bits per heavy atom. The molecule has 3 rings (SSSR count). The van der Waals surface area contributed by atoms with Crippen LogP contribution in [0.15, 0.2) is 24.8 Å². The number of rotatable bonds is 2. The van der Waals surface area contributed by atoms with Crippen LogP contribution in [0.25, 0.3) is 0 Å². The predicted molar refractivity (Wildman–Crippen MR) is 59.2 cm³/mol. The molecule has 3 atom stereocenters. The van der Waals surface area contributed by atoms with Crippen molar-refractivity contribution in [1.82, 2.24) is 0 Å². The van der Waals surface area contributed by atoms with Crippen LogP contribution in [0.1, 0.15) is 26.7 Å². The van der Waals surface area contributed by atoms with Crippen LogP contribution in [0.2, 0.25) is 0 Å². The van der Waals surface area contributed by atoms with Crippen LogP contribution < -0.4 is 0 Å². The van der Waals surface area contributed by atoms with E-state index < -0.39 is 0 Å². The van der Waals surface area contributed by atoms with Crippen molar-refractivity contribution in [2.75, 3.05) is 0 Å². The summed E-state index contributed by atoms with van der Waals surface area (Å²) in [4.78, 5) is 11.1. The van der Waals surface area contributed by atoms with Gasteiger partial charge in [-0.25, -0.2) is 4.79 Å². The van der Waals surface area contributed by atoms with Crippen LogP contribution >= 0.6 is 0 Å². The lowest BCUT2D eigenvalue weighted by molar-refractivity contribution is -0.150. The molecule has 0 radical (unpaired) electrons. The molecule has 3 unspecified atom stereocenters. The molecule has 3 aliphatic carbocycles. The number of carbonyl (C=O) groups is 1. The van der Waals surface area contributed by atoms with Crippen molar-refractivity contribution in [2.45, 2.75) is 32.8 Å². The van der Waals surface area contributed by atoms with Crippen LogP contribution in [0.3, 0.4) is 0 Å². The third-order valence-electron chi connectivity index (χ3n) is 4.26. The summed E-state index contributed by atoms with van der Waals surface area (Å²) in [5.74, 6) is 0.870. The average molecular weight is 206 g/mol. The molecule has 0 aromatic rings. The Hall–Kier alpha value is -1.05. The zero-order valence-corrected chi connectivity index (χ0v) is 9.45. The topological polar surface area (TPSA) is 26.3 Å². The van der Waals surface area contributed by atoms with E-state index in [2.05, 4.69) is 27.0 Å². The van der Waals surface area contributed by atoms with Gasteiger partial charge < -0.3 is 4.74 Å². The minimum atomic E-state index is -0.333. The first-order chi connectivity index (χ1) is 6.96. The number of hydrogen-bond acceptors (Lipinski definition) is 2. The van der Waals surface area contributed by atoms with E-state index in [0.29, 0.717) is 17.3 Å². The van der Waals surface area contributed by atoms with E-state index in [0.717, 1.165) is 12.0 Å². The molecule has 2 nitrogen and oxygen atoms in total. The molecule has 0 aromatic carbocycles. The molecule has 0 amide bonds. The minimum absolute atomic E-state index is 0.0766. The Kier molecular flexibility index (Phi) is 2.25. The maximum absolute atomic E-state index is 11.1. The molecule has 0 aromatic heterocycles. The lowest BCUT2D eigenvalue weighted by Gasteiger charge is -2.59. The molecule has 3 saturated carbocycles. The number of hydrogen-bond donors (Lipinski definition) is 0. The van der Waals surface area contributed by atoms with Gasteiger partial charge >= 0.3 is 5.97 Å². The highest BCUT2D eigenvalue weighted by atomic mass is 16.5. The van der Waals surface area contributed by atoms with Crippen molar-refractivity contribution in [1.29, 1.82) is 0 Å². The minimum Gasteiger partial charge on any atom is -0.455 e. The van der Waals surface area contributed by atoms with E-state index in [1.54, 1.807) is 0 Å². The highest BCUT2D eigenvalue weighted by Crippen LogP contribution is 2.61. The Balaban J connectivity index is 2.06. The number of carbonyl (C=O) groups excluding carboxylic acids is 1. The van der Waals surface area contributed by atoms with Gasteiger partial charge in [0.15, 0.2) is 0 Å². The van der Waals surface area contributed by atoms with Gasteiger partial charge in [0.05, 0.1) is 0 Å². The van der Waals surface area contributed by atoms with Crippen molar-refractivity contribution < 1.29 is 9.53 Å². The Labute approximate surface area is 91.0 Å². The van der Waals surface area contributed by atoms with E-state index in [1.807, 2.05) is 0 Å². The molecule has 3 fully saturated rings. The zero-order chi connectivity index (χ0) is 11.2. The molecule has 0 heterocycles. The Morgan fingerprint density at radius 1 is 1.53 bits per heavy atom. The number of ether oxygens (including phenoxy) is 1. The maximum Gasteiger partial charge on any atom is 0.330 e. The first-order valence-corrected chi connectivity index (χ1v) is 5.48. The lowest BCUT2D eigenvalue weighted by atomic mass is 9.47. The van der Waals surface area contributed by atoms with Crippen molar-refractivity contribution in [2.24, 2.45) is 17.3 Å². The fraction of sp³-hybridized carbons (Fsp3) is 0.615. The molecular formula is C13H18O2. The van der Waals surface area contributed by atoms with Crippen molar-refractivity contribution >= 4 is 5.97 Å². The van der Waals surface area contributed by atoms with Crippen molar-refractivity contribution in [3.63, 3.8) is 0 Å². The fourth-order valence-electron chi connectivity index (χ4n) is 2.99. The second kappa shape index (κ2) is 3.22. The van der Waals surface area contributed by atoms with Gasteiger partial charge in [-0.05, 0) is 35.7 Å². The first-order valence-electron chi connectivity index (χ1n) is 5.48. The van der Waals surface area contributed by atoms with Crippen LogP contribution in [-0.4, -0.2) is 12.1 Å². The molecule has 15 heavy (non-hydrogen) atoms. The fourth-order valence-corrected chi connectivity index (χ4v) is 2.99. The summed E-state index contributed by atoms with van der Waals surface area (Å²) in [5.41, 5.74) is 1.45. The van der Waals surface area contributed by atoms with Gasteiger partial charge in [-0.3, -0.25) is 0 Å². The molecule has 82 valence electrons. The predicted octanol–water partition coefficient (Wildman–Crippen LogP) is 2.71. The molecule has 2 bridgehead atoms. The third-order valence-corrected chi connectivity index (χ3v) is 4.26. The summed E-state index contributed by atoms with van der Waals surface area (Å²) in [5, 5.41) is 0. The smallest absolute Gasteiger partial charge is 0.330 e. The van der Waals surface area contributed by atoms with Gasteiger partial charge in [-0.2, -0.15) is 0 Å². The Morgan fingerprint density at radius 3 is 2.67 bits per heavy atom. The van der Waals surface area contributed by atoms with E-state index >= 15 is 0 Å².